The van der Waals surface area contributed by atoms with E-state index in [1.807, 2.05) is 4.90 Å². The Hall–Kier alpha value is -1.32. The maximum Gasteiger partial charge on any atom is 0.226 e. The van der Waals surface area contributed by atoms with Crippen molar-refractivity contribution >= 4 is 5.91 Å². The number of rotatable bonds is 1. The molecule has 0 spiro atoms. The Kier molecular flexibility index (Phi) is 2.42. The molecule has 1 amide bonds. The maximum atomic E-state index is 12.2. The van der Waals surface area contributed by atoms with Crippen LogP contribution in [0, 0.1) is 5.92 Å². The van der Waals surface area contributed by atoms with Gasteiger partial charge in [-0.15, -0.1) is 0 Å². The number of aromatic amines is 1. The third kappa shape index (κ3) is 1.62. The van der Waals surface area contributed by atoms with E-state index in [0.717, 1.165) is 38.0 Å². The van der Waals surface area contributed by atoms with Gasteiger partial charge in [0.25, 0.3) is 0 Å². The molecule has 86 valence electrons. The number of hydrogen-bond acceptors (Lipinski definition) is 2. The highest BCUT2D eigenvalue weighted by molar-refractivity contribution is 5.79. The van der Waals surface area contributed by atoms with Crippen molar-refractivity contribution in [2.45, 2.75) is 32.1 Å². The average Bonchev–Trinajstić information content (AvgIpc) is 2.98. The largest absolute Gasteiger partial charge is 0.348 e. The quantitative estimate of drug-likeness (QED) is 0.770. The van der Waals surface area contributed by atoms with Crippen molar-refractivity contribution in [1.82, 2.24) is 14.9 Å². The molecule has 1 fully saturated rings. The Balaban J connectivity index is 1.71. The van der Waals surface area contributed by atoms with Gasteiger partial charge in [-0.05, 0) is 25.7 Å². The zero-order valence-corrected chi connectivity index (χ0v) is 9.41. The smallest absolute Gasteiger partial charge is 0.226 e. The highest BCUT2D eigenvalue weighted by Gasteiger charge is 2.30. The van der Waals surface area contributed by atoms with E-state index < -0.39 is 0 Å². The van der Waals surface area contributed by atoms with Crippen LogP contribution < -0.4 is 0 Å². The summed E-state index contributed by atoms with van der Waals surface area (Å²) in [4.78, 5) is 21.7. The van der Waals surface area contributed by atoms with Gasteiger partial charge >= 0.3 is 0 Å². The summed E-state index contributed by atoms with van der Waals surface area (Å²) in [6, 6.07) is 0. The Labute approximate surface area is 95.1 Å². The number of nitrogens with one attached hydrogen (secondary N) is 1. The van der Waals surface area contributed by atoms with E-state index in [4.69, 9.17) is 0 Å². The molecule has 1 atom stereocenters. The van der Waals surface area contributed by atoms with Gasteiger partial charge in [0.1, 0.15) is 0 Å². The summed E-state index contributed by atoms with van der Waals surface area (Å²) in [6.45, 7) is 1.93. The van der Waals surface area contributed by atoms with E-state index in [2.05, 4.69) is 9.97 Å². The molecule has 1 aromatic heterocycles. The van der Waals surface area contributed by atoms with E-state index in [-0.39, 0.29) is 5.92 Å². The normalized spacial score (nSPS) is 24.5. The Bertz CT molecular complexity index is 393. The lowest BCUT2D eigenvalue weighted by atomic mass is 9.89. The zero-order valence-electron chi connectivity index (χ0n) is 9.41. The van der Waals surface area contributed by atoms with Crippen LogP contribution in [0.4, 0.5) is 0 Å². The third-order valence-corrected chi connectivity index (χ3v) is 3.75. The summed E-state index contributed by atoms with van der Waals surface area (Å²) in [5.41, 5.74) is 2.33. The lowest BCUT2D eigenvalue weighted by Crippen LogP contribution is -2.36. The number of aromatic nitrogens is 2. The van der Waals surface area contributed by atoms with Crippen LogP contribution in [0.15, 0.2) is 6.33 Å². The molecule has 2 heterocycles. The lowest BCUT2D eigenvalue weighted by Gasteiger charge is -2.25. The summed E-state index contributed by atoms with van der Waals surface area (Å²) in [5, 5.41) is 0. The summed E-state index contributed by atoms with van der Waals surface area (Å²) in [6.07, 6.45) is 6.86. The number of hydrogen-bond donors (Lipinski definition) is 1. The lowest BCUT2D eigenvalue weighted by molar-refractivity contribution is -0.134. The molecule has 1 aliphatic heterocycles. The Morgan fingerprint density at radius 2 is 2.25 bits per heavy atom. The number of H-pyrrole nitrogens is 1. The van der Waals surface area contributed by atoms with Crippen LogP contribution in [0.5, 0.6) is 0 Å². The number of nitrogens with zero attached hydrogens (tertiary/aromatic N) is 2. The molecule has 1 N–H and O–H groups in total. The van der Waals surface area contributed by atoms with E-state index in [1.165, 1.54) is 18.5 Å². The molecule has 1 aliphatic carbocycles. The van der Waals surface area contributed by atoms with E-state index >= 15 is 0 Å². The van der Waals surface area contributed by atoms with Crippen molar-refractivity contribution in [3.8, 4) is 0 Å². The minimum Gasteiger partial charge on any atom is -0.348 e. The maximum absolute atomic E-state index is 12.2. The summed E-state index contributed by atoms with van der Waals surface area (Å²) in [7, 11) is 0. The number of fused-ring (bicyclic) bond motifs is 1. The van der Waals surface area contributed by atoms with Crippen molar-refractivity contribution in [3.63, 3.8) is 0 Å². The first-order valence-electron chi connectivity index (χ1n) is 6.14. The predicted octanol–water partition coefficient (Wildman–Crippen LogP) is 1.14. The summed E-state index contributed by atoms with van der Waals surface area (Å²) in [5.74, 6) is 0.545. The Morgan fingerprint density at radius 1 is 1.44 bits per heavy atom. The second-order valence-corrected chi connectivity index (χ2v) is 4.80. The molecule has 0 unspecified atom stereocenters. The standard InChI is InChI=1S/C12H17N3O/c16-12(15-5-1-2-6-15)9-3-4-10-11(7-9)14-8-13-10/h8-9H,1-7H2,(H,13,14)/t9-/m1/s1. The SMILES string of the molecule is O=C([C@@H]1CCc2nc[nH]c2C1)N1CCCC1. The summed E-state index contributed by atoms with van der Waals surface area (Å²) >= 11 is 0. The van der Waals surface area contributed by atoms with Gasteiger partial charge in [-0.25, -0.2) is 4.98 Å². The minimum absolute atomic E-state index is 0.186. The molecule has 0 radical (unpaired) electrons. The van der Waals surface area contributed by atoms with Crippen molar-refractivity contribution in [2.24, 2.45) is 5.92 Å². The van der Waals surface area contributed by atoms with Gasteiger partial charge in [-0.1, -0.05) is 0 Å². The van der Waals surface area contributed by atoms with Gasteiger partial charge in [0.2, 0.25) is 5.91 Å². The molecule has 3 rings (SSSR count). The van der Waals surface area contributed by atoms with Crippen LogP contribution in [0.1, 0.15) is 30.7 Å². The fourth-order valence-electron chi connectivity index (χ4n) is 2.81. The van der Waals surface area contributed by atoms with Crippen LogP contribution in [-0.4, -0.2) is 33.9 Å². The number of aryl methyl sites for hydroxylation is 1. The average molecular weight is 219 g/mol. The monoisotopic (exact) mass is 219 g/mol. The molecular weight excluding hydrogens is 202 g/mol. The van der Waals surface area contributed by atoms with Crippen LogP contribution in [0.25, 0.3) is 0 Å². The molecule has 0 aromatic carbocycles. The van der Waals surface area contributed by atoms with Crippen LogP contribution in [0.3, 0.4) is 0 Å². The number of carbonyl (C=O) groups is 1. The molecule has 1 saturated heterocycles. The van der Waals surface area contributed by atoms with Crippen LogP contribution >= 0.6 is 0 Å². The summed E-state index contributed by atoms with van der Waals surface area (Å²) < 4.78 is 0. The van der Waals surface area contributed by atoms with Crippen LogP contribution in [-0.2, 0) is 17.6 Å². The Morgan fingerprint density at radius 3 is 3.06 bits per heavy atom. The fraction of sp³-hybridized carbons (Fsp3) is 0.667. The van der Waals surface area contributed by atoms with Gasteiger partial charge in [-0.3, -0.25) is 4.79 Å². The molecule has 1 aromatic rings. The molecular formula is C12H17N3O. The zero-order chi connectivity index (χ0) is 11.0. The van der Waals surface area contributed by atoms with Gasteiger partial charge in [0.05, 0.1) is 12.0 Å². The second-order valence-electron chi connectivity index (χ2n) is 4.80. The fourth-order valence-corrected chi connectivity index (χ4v) is 2.81. The second kappa shape index (κ2) is 3.92. The number of carbonyl (C=O) groups excluding carboxylic acids is 1. The van der Waals surface area contributed by atoms with Crippen molar-refractivity contribution in [2.75, 3.05) is 13.1 Å². The minimum atomic E-state index is 0.186. The van der Waals surface area contributed by atoms with Crippen molar-refractivity contribution in [1.29, 1.82) is 0 Å². The topological polar surface area (TPSA) is 49.0 Å². The number of amides is 1. The molecule has 2 aliphatic rings. The molecule has 16 heavy (non-hydrogen) atoms. The highest BCUT2D eigenvalue weighted by Crippen LogP contribution is 2.25. The van der Waals surface area contributed by atoms with E-state index in [1.54, 1.807) is 6.33 Å². The van der Waals surface area contributed by atoms with Gasteiger partial charge < -0.3 is 9.88 Å². The van der Waals surface area contributed by atoms with Crippen molar-refractivity contribution < 1.29 is 4.79 Å². The van der Waals surface area contributed by atoms with Gasteiger partial charge in [-0.2, -0.15) is 0 Å². The molecule has 0 saturated carbocycles. The number of likely N-dealkylation sites (tertiary alicyclic amines) is 1. The first-order chi connectivity index (χ1) is 7.84. The third-order valence-electron chi connectivity index (χ3n) is 3.75. The molecule has 4 nitrogen and oxygen atoms in total. The van der Waals surface area contributed by atoms with E-state index in [0.29, 0.717) is 5.91 Å². The molecule has 4 heteroatoms. The predicted molar refractivity (Wildman–Crippen MR) is 59.9 cm³/mol. The van der Waals surface area contributed by atoms with Crippen molar-refractivity contribution in [3.05, 3.63) is 17.7 Å². The number of imidazole rings is 1. The van der Waals surface area contributed by atoms with Gasteiger partial charge in [0, 0.05) is 31.1 Å². The first-order valence-corrected chi connectivity index (χ1v) is 6.14. The van der Waals surface area contributed by atoms with E-state index in [9.17, 15) is 4.79 Å². The molecule has 0 bridgehead atoms. The first kappa shape index (κ1) is 9.87. The highest BCUT2D eigenvalue weighted by atomic mass is 16.2. The van der Waals surface area contributed by atoms with Crippen LogP contribution in [0.2, 0.25) is 0 Å². The van der Waals surface area contributed by atoms with Gasteiger partial charge in [0.15, 0.2) is 0 Å².